The van der Waals surface area contributed by atoms with E-state index in [1.165, 1.54) is 0 Å². The van der Waals surface area contributed by atoms with Crippen LogP contribution in [0.5, 0.6) is 0 Å². The third-order valence-electron chi connectivity index (χ3n) is 1.70. The number of hydrogen-bond donors (Lipinski definition) is 1. The van der Waals surface area contributed by atoms with Crippen molar-refractivity contribution in [1.82, 2.24) is 4.90 Å². The number of unbranched alkanes of at least 4 members (excludes halogenated alkanes) is 2. The standard InChI is InChI=1S/C9H17NO4/c1-3-5-6-7-10(8(11)12)9(13)14-4-2/h3-7H2,1-2H3,(H,11,12). The molecule has 0 saturated carbocycles. The normalized spacial score (nSPS) is 9.57. The van der Waals surface area contributed by atoms with Gasteiger partial charge in [-0.3, -0.25) is 0 Å². The topological polar surface area (TPSA) is 66.8 Å². The Morgan fingerprint density at radius 2 is 1.93 bits per heavy atom. The minimum atomic E-state index is -1.25. The molecule has 0 aromatic heterocycles. The van der Waals surface area contributed by atoms with E-state index in [0.29, 0.717) is 11.3 Å². The van der Waals surface area contributed by atoms with Crippen molar-refractivity contribution in [3.8, 4) is 0 Å². The van der Waals surface area contributed by atoms with E-state index in [4.69, 9.17) is 5.11 Å². The Kier molecular flexibility index (Phi) is 6.53. The predicted octanol–water partition coefficient (Wildman–Crippen LogP) is 2.31. The zero-order valence-corrected chi connectivity index (χ0v) is 8.65. The van der Waals surface area contributed by atoms with Gasteiger partial charge < -0.3 is 9.84 Å². The van der Waals surface area contributed by atoms with Gasteiger partial charge in [-0.1, -0.05) is 19.8 Å². The van der Waals surface area contributed by atoms with Crippen LogP contribution in [0.4, 0.5) is 9.59 Å². The lowest BCUT2D eigenvalue weighted by molar-refractivity contribution is 0.0973. The molecule has 0 fully saturated rings. The molecule has 1 N–H and O–H groups in total. The summed E-state index contributed by atoms with van der Waals surface area (Å²) in [6.45, 7) is 4.05. The van der Waals surface area contributed by atoms with Gasteiger partial charge in [0.25, 0.3) is 0 Å². The lowest BCUT2D eigenvalue weighted by atomic mass is 10.2. The van der Waals surface area contributed by atoms with E-state index in [2.05, 4.69) is 4.74 Å². The first-order chi connectivity index (χ1) is 6.63. The molecule has 0 bridgehead atoms. The maximum Gasteiger partial charge on any atom is 0.419 e. The molecule has 82 valence electrons. The number of rotatable bonds is 5. The van der Waals surface area contributed by atoms with Crippen LogP contribution in [0.3, 0.4) is 0 Å². The summed E-state index contributed by atoms with van der Waals surface area (Å²) in [6, 6.07) is 0. The average Bonchev–Trinajstić information content (AvgIpc) is 2.12. The molecule has 2 amide bonds. The minimum absolute atomic E-state index is 0.191. The number of amides is 2. The highest BCUT2D eigenvalue weighted by Crippen LogP contribution is 2.01. The fourth-order valence-electron chi connectivity index (χ4n) is 0.986. The summed E-state index contributed by atoms with van der Waals surface area (Å²) in [7, 11) is 0. The Balaban J connectivity index is 4.01. The molecule has 0 aliphatic heterocycles. The van der Waals surface area contributed by atoms with Gasteiger partial charge in [0.1, 0.15) is 0 Å². The van der Waals surface area contributed by atoms with Crippen molar-refractivity contribution in [2.45, 2.75) is 33.1 Å². The Morgan fingerprint density at radius 1 is 1.29 bits per heavy atom. The minimum Gasteiger partial charge on any atom is -0.465 e. The zero-order valence-electron chi connectivity index (χ0n) is 8.65. The van der Waals surface area contributed by atoms with Crippen LogP contribution in [0.25, 0.3) is 0 Å². The number of carbonyl (C=O) groups excluding carboxylic acids is 1. The van der Waals surface area contributed by atoms with Crippen LogP contribution in [0.2, 0.25) is 0 Å². The highest BCUT2D eigenvalue weighted by molar-refractivity contribution is 5.86. The molecule has 0 aliphatic rings. The maximum atomic E-state index is 11.1. The second-order valence-corrected chi connectivity index (χ2v) is 2.84. The highest BCUT2D eigenvalue weighted by Gasteiger charge is 2.20. The molecule has 5 nitrogen and oxygen atoms in total. The molecular weight excluding hydrogens is 186 g/mol. The van der Waals surface area contributed by atoms with Crippen LogP contribution >= 0.6 is 0 Å². The molecule has 14 heavy (non-hydrogen) atoms. The van der Waals surface area contributed by atoms with Crippen LogP contribution in [0, 0.1) is 0 Å². The fourth-order valence-corrected chi connectivity index (χ4v) is 0.986. The lowest BCUT2D eigenvalue weighted by Gasteiger charge is -2.15. The number of hydrogen-bond acceptors (Lipinski definition) is 3. The maximum absolute atomic E-state index is 11.1. The number of imide groups is 1. The molecule has 5 heteroatoms. The van der Waals surface area contributed by atoms with Crippen molar-refractivity contribution in [1.29, 1.82) is 0 Å². The molecule has 0 radical (unpaired) electrons. The van der Waals surface area contributed by atoms with Gasteiger partial charge in [0.05, 0.1) is 6.61 Å². The molecule has 0 atom stereocenters. The summed E-state index contributed by atoms with van der Waals surface area (Å²) in [4.78, 5) is 22.4. The van der Waals surface area contributed by atoms with Crippen LogP contribution in [0.15, 0.2) is 0 Å². The van der Waals surface area contributed by atoms with Crippen molar-refractivity contribution < 1.29 is 19.4 Å². The van der Waals surface area contributed by atoms with E-state index in [1.54, 1.807) is 6.92 Å². The Morgan fingerprint density at radius 3 is 2.36 bits per heavy atom. The molecule has 0 aromatic carbocycles. The number of nitrogens with zero attached hydrogens (tertiary/aromatic N) is 1. The monoisotopic (exact) mass is 203 g/mol. The smallest absolute Gasteiger partial charge is 0.419 e. The molecule has 0 spiro atoms. The number of ether oxygens (including phenoxy) is 1. The van der Waals surface area contributed by atoms with Crippen molar-refractivity contribution in [2.24, 2.45) is 0 Å². The van der Waals surface area contributed by atoms with Gasteiger partial charge in [0.2, 0.25) is 0 Å². The van der Waals surface area contributed by atoms with E-state index in [-0.39, 0.29) is 13.2 Å². The van der Waals surface area contributed by atoms with Crippen molar-refractivity contribution in [3.05, 3.63) is 0 Å². The van der Waals surface area contributed by atoms with E-state index in [9.17, 15) is 9.59 Å². The number of carboxylic acid groups (broad SMARTS) is 1. The molecular formula is C9H17NO4. The van der Waals surface area contributed by atoms with Crippen LogP contribution < -0.4 is 0 Å². The Bertz CT molecular complexity index is 193. The van der Waals surface area contributed by atoms with Crippen molar-refractivity contribution >= 4 is 12.2 Å². The largest absolute Gasteiger partial charge is 0.465 e. The second kappa shape index (κ2) is 7.17. The van der Waals surface area contributed by atoms with Gasteiger partial charge in [0.15, 0.2) is 0 Å². The first kappa shape index (κ1) is 12.7. The third-order valence-corrected chi connectivity index (χ3v) is 1.70. The average molecular weight is 203 g/mol. The van der Waals surface area contributed by atoms with Crippen LogP contribution in [0.1, 0.15) is 33.1 Å². The van der Waals surface area contributed by atoms with Gasteiger partial charge in [-0.05, 0) is 13.3 Å². The van der Waals surface area contributed by atoms with Gasteiger partial charge in [-0.2, -0.15) is 0 Å². The summed E-state index contributed by atoms with van der Waals surface area (Å²) in [5.41, 5.74) is 0. The van der Waals surface area contributed by atoms with Crippen LogP contribution in [-0.2, 0) is 4.74 Å². The fraction of sp³-hybridized carbons (Fsp3) is 0.778. The number of carbonyl (C=O) groups is 2. The van der Waals surface area contributed by atoms with E-state index < -0.39 is 12.2 Å². The molecule has 0 aromatic rings. The van der Waals surface area contributed by atoms with Gasteiger partial charge in [-0.15, -0.1) is 0 Å². The first-order valence-corrected chi connectivity index (χ1v) is 4.80. The predicted molar refractivity (Wildman–Crippen MR) is 51.3 cm³/mol. The molecule has 0 heterocycles. The molecule has 0 saturated heterocycles. The first-order valence-electron chi connectivity index (χ1n) is 4.80. The highest BCUT2D eigenvalue weighted by atomic mass is 16.6. The van der Waals surface area contributed by atoms with Crippen molar-refractivity contribution in [2.75, 3.05) is 13.2 Å². The summed E-state index contributed by atoms with van der Waals surface area (Å²) in [5.74, 6) is 0. The van der Waals surface area contributed by atoms with Gasteiger partial charge in [0, 0.05) is 6.54 Å². The van der Waals surface area contributed by atoms with Crippen LogP contribution in [-0.4, -0.2) is 35.3 Å². The Labute approximate surface area is 83.6 Å². The van der Waals surface area contributed by atoms with Gasteiger partial charge >= 0.3 is 12.2 Å². The Hall–Kier alpha value is -1.26. The summed E-state index contributed by atoms with van der Waals surface area (Å²) in [6.07, 6.45) is 0.539. The summed E-state index contributed by atoms with van der Waals surface area (Å²) >= 11 is 0. The zero-order chi connectivity index (χ0) is 11.0. The lowest BCUT2D eigenvalue weighted by Crippen LogP contribution is -2.37. The van der Waals surface area contributed by atoms with E-state index in [1.807, 2.05) is 6.92 Å². The van der Waals surface area contributed by atoms with Gasteiger partial charge in [-0.25, -0.2) is 14.5 Å². The molecule has 0 unspecified atom stereocenters. The third kappa shape index (κ3) is 4.69. The van der Waals surface area contributed by atoms with Crippen molar-refractivity contribution in [3.63, 3.8) is 0 Å². The second-order valence-electron chi connectivity index (χ2n) is 2.84. The SMILES string of the molecule is CCCCCN(C(=O)O)C(=O)OCC. The van der Waals surface area contributed by atoms with E-state index in [0.717, 1.165) is 12.8 Å². The summed E-state index contributed by atoms with van der Waals surface area (Å²) < 4.78 is 4.60. The molecule has 0 aliphatic carbocycles. The quantitative estimate of drug-likeness (QED) is 0.696. The molecule has 0 rings (SSSR count). The summed E-state index contributed by atoms with van der Waals surface area (Å²) in [5, 5.41) is 8.69. The van der Waals surface area contributed by atoms with E-state index >= 15 is 0 Å².